The summed E-state index contributed by atoms with van der Waals surface area (Å²) in [6.07, 6.45) is 63.6. The van der Waals surface area contributed by atoms with Crippen LogP contribution in [0, 0.1) is 0 Å². The number of hydrogen-bond acceptors (Lipinski definition) is 24. The van der Waals surface area contributed by atoms with Crippen LogP contribution >= 0.6 is 0 Å². The molecule has 0 saturated carbocycles. The zero-order valence-electron chi connectivity index (χ0n) is 64.2. The highest BCUT2D eigenvalue weighted by atomic mass is 16.5. The first-order chi connectivity index (χ1) is 59.5. The molecule has 19 rings (SSSR count). The molecule has 0 unspecified atom stereocenters. The summed E-state index contributed by atoms with van der Waals surface area (Å²) in [5.41, 5.74) is 3.37. The van der Waals surface area contributed by atoms with Gasteiger partial charge in [0.15, 0.2) is 0 Å². The lowest BCUT2D eigenvalue weighted by Crippen LogP contribution is -2.53. The van der Waals surface area contributed by atoms with Crippen LogP contribution < -0.4 is 0 Å². The number of hydrogen-bond donors (Lipinski definition) is 0. The number of ether oxygens (including phenoxy) is 6. The van der Waals surface area contributed by atoms with Crippen LogP contribution in [0.3, 0.4) is 0 Å². The van der Waals surface area contributed by atoms with Crippen LogP contribution in [0.15, 0.2) is 332 Å². The van der Waals surface area contributed by atoms with Crippen molar-refractivity contribution in [3.63, 3.8) is 0 Å². The molecular weight excluding hydrogens is 1540 g/mol. The Morgan fingerprint density at radius 1 is 0.142 bits per heavy atom. The van der Waals surface area contributed by atoms with Gasteiger partial charge in [-0.3, -0.25) is 0 Å². The Balaban J connectivity index is 0.865. The molecular formula is C78H78N36O6. The summed E-state index contributed by atoms with van der Waals surface area (Å²) in [7, 11) is 0. The molecule has 0 aliphatic heterocycles. The van der Waals surface area contributed by atoms with Crippen molar-refractivity contribution in [1.82, 2.24) is 176 Å². The largest absolute Gasteiger partial charge is 0.370 e. The van der Waals surface area contributed by atoms with Gasteiger partial charge in [-0.2, -0.15) is 91.8 Å². The fraction of sp³-hybridized carbons (Fsp3) is 0.231. The second-order valence-electron chi connectivity index (χ2n) is 27.6. The summed E-state index contributed by atoms with van der Waals surface area (Å²) >= 11 is 0. The predicted molar refractivity (Wildman–Crippen MR) is 417 cm³/mol. The maximum atomic E-state index is 7.61. The van der Waals surface area contributed by atoms with Crippen LogP contribution in [-0.4, -0.2) is 216 Å². The minimum Gasteiger partial charge on any atom is -0.370 e. The van der Waals surface area contributed by atoms with Crippen molar-refractivity contribution in [3.8, 4) is 0 Å². The lowest BCUT2D eigenvalue weighted by molar-refractivity contribution is -0.0332. The standard InChI is InChI=1S/C78H78N36O6/c1-19-79-97(37-1)73(98-38-2-20-80-98,99-39-3-21-81-99)61-115-55-67-68(56-116-62-74(100-40-4-22-82-100,101-41-5-23-83-101)102-42-6-24-84-102)70(58-118-64-76(106-46-10-28-88-106,107-47-11-29-89-107)108-48-12-30-90-108)72(60-120-66-78(112-52-16-34-94-112,113-53-17-35-95-113)114-54-18-36-96-114)71(59-119-65-77(109-49-13-31-91-109,110-50-14-32-92-110)111-51-15-33-93-111)69(67)57-117-63-75(103-43-7-25-85-103,104-44-8-26-86-104)105-45-9-27-87-105/h1-54H,55-66H2. The fourth-order valence-corrected chi connectivity index (χ4v) is 15.6. The first-order valence-corrected chi connectivity index (χ1v) is 38.1. The highest BCUT2D eigenvalue weighted by molar-refractivity contribution is 5.52. The smallest absolute Gasteiger partial charge is 0.273 e. The van der Waals surface area contributed by atoms with Crippen molar-refractivity contribution in [2.24, 2.45) is 0 Å². The van der Waals surface area contributed by atoms with Crippen LogP contribution in [-0.2, 0) is 103 Å². The van der Waals surface area contributed by atoms with Gasteiger partial charge in [-0.25, -0.2) is 84.3 Å². The third-order valence-corrected chi connectivity index (χ3v) is 21.1. The van der Waals surface area contributed by atoms with Crippen molar-refractivity contribution in [3.05, 3.63) is 366 Å². The summed E-state index contributed by atoms with van der Waals surface area (Å²) in [4.78, 5) is 0. The van der Waals surface area contributed by atoms with Gasteiger partial charge >= 0.3 is 0 Å². The van der Waals surface area contributed by atoms with E-state index in [0.29, 0.717) is 33.4 Å². The van der Waals surface area contributed by atoms with Gasteiger partial charge < -0.3 is 28.4 Å². The quantitative estimate of drug-likeness (QED) is 0.0497. The average Bonchev–Trinajstić information content (AvgIpc) is 1.77. The summed E-state index contributed by atoms with van der Waals surface area (Å²) in [5.74, 6) is -8.60. The van der Waals surface area contributed by atoms with Gasteiger partial charge in [0.05, 0.1) is 39.6 Å². The van der Waals surface area contributed by atoms with Crippen LogP contribution in [0.25, 0.3) is 0 Å². The van der Waals surface area contributed by atoms with Crippen LogP contribution in [0.4, 0.5) is 0 Å². The summed E-state index contributed by atoms with van der Waals surface area (Å²) in [6.45, 7) is -2.30. The Morgan fingerprint density at radius 2 is 0.225 bits per heavy atom. The van der Waals surface area contributed by atoms with Crippen LogP contribution in [0.1, 0.15) is 33.4 Å². The summed E-state index contributed by atoms with van der Waals surface area (Å²) < 4.78 is 77.2. The molecule has 18 aromatic heterocycles. The van der Waals surface area contributed by atoms with Crippen molar-refractivity contribution < 1.29 is 28.4 Å². The molecule has 42 nitrogen and oxygen atoms in total. The summed E-state index contributed by atoms with van der Waals surface area (Å²) in [6, 6.07) is 33.0. The third-order valence-electron chi connectivity index (χ3n) is 21.1. The van der Waals surface area contributed by atoms with E-state index in [2.05, 4.69) is 0 Å². The first kappa shape index (κ1) is 74.8. The van der Waals surface area contributed by atoms with E-state index >= 15 is 0 Å². The zero-order chi connectivity index (χ0) is 80.5. The van der Waals surface area contributed by atoms with Crippen molar-refractivity contribution >= 4 is 0 Å². The minimum atomic E-state index is -1.43. The molecule has 1 aromatic carbocycles. The number of nitrogens with zero attached hydrogens (tertiary/aromatic N) is 36. The molecule has 606 valence electrons. The van der Waals surface area contributed by atoms with Gasteiger partial charge in [0.2, 0.25) is 0 Å². The molecule has 0 amide bonds. The maximum absolute atomic E-state index is 7.61. The molecule has 0 atom stereocenters. The zero-order valence-corrected chi connectivity index (χ0v) is 64.2. The van der Waals surface area contributed by atoms with E-state index in [1.54, 1.807) is 196 Å². The number of rotatable bonds is 42. The van der Waals surface area contributed by atoms with E-state index in [1.165, 1.54) is 0 Å². The van der Waals surface area contributed by atoms with Crippen molar-refractivity contribution in [1.29, 1.82) is 0 Å². The van der Waals surface area contributed by atoms with Crippen molar-refractivity contribution in [2.75, 3.05) is 39.6 Å². The van der Waals surface area contributed by atoms with Gasteiger partial charge in [0.1, 0.15) is 39.6 Å². The van der Waals surface area contributed by atoms with E-state index in [0.717, 1.165) is 0 Å². The Bertz CT molecular complexity index is 4610. The Labute approximate surface area is 681 Å². The molecule has 19 aromatic rings. The second-order valence-corrected chi connectivity index (χ2v) is 27.6. The van der Waals surface area contributed by atoms with E-state index in [-0.39, 0.29) is 79.3 Å². The Morgan fingerprint density at radius 3 is 0.292 bits per heavy atom. The monoisotopic (exact) mass is 1610 g/mol. The Hall–Kier alpha value is -15.2. The molecule has 0 aliphatic carbocycles. The predicted octanol–water partition coefficient (Wildman–Crippen LogP) is 4.77. The maximum Gasteiger partial charge on any atom is 0.273 e. The lowest BCUT2D eigenvalue weighted by atomic mass is 9.87. The molecule has 0 aliphatic rings. The molecule has 18 heterocycles. The van der Waals surface area contributed by atoms with E-state index < -0.39 is 34.7 Å². The lowest BCUT2D eigenvalue weighted by Gasteiger charge is -2.37. The third kappa shape index (κ3) is 13.1. The second kappa shape index (κ2) is 32.8. The molecule has 0 bridgehead atoms. The normalized spacial score (nSPS) is 12.6. The van der Waals surface area contributed by atoms with E-state index in [9.17, 15) is 0 Å². The fourth-order valence-electron chi connectivity index (χ4n) is 15.6. The van der Waals surface area contributed by atoms with Gasteiger partial charge in [-0.1, -0.05) is 0 Å². The highest BCUT2D eigenvalue weighted by Crippen LogP contribution is 2.38. The number of aromatic nitrogens is 36. The molecule has 120 heavy (non-hydrogen) atoms. The highest BCUT2D eigenvalue weighted by Gasteiger charge is 2.47. The minimum absolute atomic E-state index is 0.167. The molecule has 0 saturated heterocycles. The van der Waals surface area contributed by atoms with Gasteiger partial charge in [0, 0.05) is 223 Å². The topological polar surface area (TPSA) is 376 Å². The molecule has 0 N–H and O–H groups in total. The van der Waals surface area contributed by atoms with E-state index in [4.69, 9.17) is 120 Å². The van der Waals surface area contributed by atoms with Crippen molar-refractivity contribution in [2.45, 2.75) is 74.4 Å². The Kier molecular flexibility index (Phi) is 20.5. The SMILES string of the molecule is c1cnn(C(COCc2c(COCC(n3cccn3)(n3cccn3)n3cccn3)c(COCC(n3cccn3)(n3cccn3)n3cccn3)c(COCC(n3cccn3)(n3cccn3)n3cccn3)c(COCC(n3cccn3)(n3cccn3)n3cccn3)c2COCC(n2cccn2)(n2cccn2)n2cccn2)(n2cccn2)n2cccn2)c1. The van der Waals surface area contributed by atoms with Gasteiger partial charge in [-0.15, -0.1) is 0 Å². The van der Waals surface area contributed by atoms with Crippen LogP contribution in [0.2, 0.25) is 0 Å². The number of benzene rings is 1. The molecule has 0 radical (unpaired) electrons. The van der Waals surface area contributed by atoms with Gasteiger partial charge in [0.25, 0.3) is 34.7 Å². The van der Waals surface area contributed by atoms with E-state index in [1.807, 2.05) is 221 Å². The average molecular weight is 1620 g/mol. The molecule has 0 spiro atoms. The molecule has 42 heteroatoms. The first-order valence-electron chi connectivity index (χ1n) is 38.1. The molecule has 0 fully saturated rings. The van der Waals surface area contributed by atoms with Crippen LogP contribution in [0.5, 0.6) is 0 Å². The summed E-state index contributed by atoms with van der Waals surface area (Å²) in [5, 5.41) is 88.2. The van der Waals surface area contributed by atoms with Gasteiger partial charge in [-0.05, 0) is 143 Å².